The molecule has 4 nitrogen and oxygen atoms in total. The molecule has 1 rings (SSSR count). The van der Waals surface area contributed by atoms with E-state index in [0.717, 1.165) is 0 Å². The number of nitrogens with zero attached hydrogens (tertiary/aromatic N) is 1. The molecule has 5 heteroatoms. The largest absolute Gasteiger partial charge is 0.443 e. The summed E-state index contributed by atoms with van der Waals surface area (Å²) in [5.41, 5.74) is -0.542. The third kappa shape index (κ3) is 3.66. The minimum absolute atomic E-state index is 0.0524. The van der Waals surface area contributed by atoms with E-state index in [4.69, 9.17) is 4.74 Å². The number of rotatable bonds is 0. The Balaban J connectivity index is 2.63. The van der Waals surface area contributed by atoms with Crippen LogP contribution in [-0.4, -0.2) is 33.7 Å². The monoisotopic (exact) mass is 275 g/mol. The molecule has 0 bridgehead atoms. The van der Waals surface area contributed by atoms with Crippen molar-refractivity contribution in [3.63, 3.8) is 0 Å². The molecule has 0 fully saturated rings. The summed E-state index contributed by atoms with van der Waals surface area (Å²) in [5, 5.41) is 0. The van der Waals surface area contributed by atoms with Crippen LogP contribution in [0.2, 0.25) is 0 Å². The summed E-state index contributed by atoms with van der Waals surface area (Å²) in [7, 11) is 0. The second-order valence-corrected chi connectivity index (χ2v) is 5.30. The Bertz CT molecular complexity index is 306. The quantitative estimate of drug-likeness (QED) is 0.636. The first-order valence-electron chi connectivity index (χ1n) is 4.64. The lowest BCUT2D eigenvalue weighted by Crippen LogP contribution is -2.40. The smallest absolute Gasteiger partial charge is 0.414 e. The molecule has 1 atom stereocenters. The van der Waals surface area contributed by atoms with Crippen molar-refractivity contribution in [1.29, 1.82) is 0 Å². The normalized spacial score (nSPS) is 21.7. The van der Waals surface area contributed by atoms with Crippen LogP contribution in [0.25, 0.3) is 0 Å². The lowest BCUT2D eigenvalue weighted by molar-refractivity contribution is -0.118. The maximum Gasteiger partial charge on any atom is 0.414 e. The number of carbonyl (C=O) groups excluding carboxylic acids is 2. The molecular formula is C10H14BrNO3. The van der Waals surface area contributed by atoms with E-state index in [-0.39, 0.29) is 17.2 Å². The van der Waals surface area contributed by atoms with Crippen LogP contribution in [0.4, 0.5) is 4.79 Å². The van der Waals surface area contributed by atoms with Crippen LogP contribution in [0.3, 0.4) is 0 Å². The van der Waals surface area contributed by atoms with Crippen molar-refractivity contribution in [2.24, 2.45) is 0 Å². The van der Waals surface area contributed by atoms with Crippen molar-refractivity contribution in [2.45, 2.75) is 31.2 Å². The molecule has 0 aromatic carbocycles. The molecule has 15 heavy (non-hydrogen) atoms. The maximum absolute atomic E-state index is 11.6. The first-order valence-corrected chi connectivity index (χ1v) is 5.56. The fourth-order valence-electron chi connectivity index (χ4n) is 1.04. The number of ketones is 1. The minimum Gasteiger partial charge on any atom is -0.443 e. The van der Waals surface area contributed by atoms with Gasteiger partial charge in [0.2, 0.25) is 0 Å². The molecule has 1 heterocycles. The third-order valence-electron chi connectivity index (χ3n) is 1.70. The zero-order chi connectivity index (χ0) is 11.6. The fourth-order valence-corrected chi connectivity index (χ4v) is 1.32. The van der Waals surface area contributed by atoms with Gasteiger partial charge in [-0.15, -0.1) is 0 Å². The van der Waals surface area contributed by atoms with E-state index in [9.17, 15) is 9.59 Å². The predicted octanol–water partition coefficient (Wildman–Crippen LogP) is 2.08. The fraction of sp³-hybridized carbons (Fsp3) is 0.600. The van der Waals surface area contributed by atoms with Crippen LogP contribution in [-0.2, 0) is 9.53 Å². The minimum atomic E-state index is -0.542. The molecule has 0 spiro atoms. The highest BCUT2D eigenvalue weighted by Crippen LogP contribution is 2.15. The molecule has 0 N–H and O–H groups in total. The van der Waals surface area contributed by atoms with Gasteiger partial charge < -0.3 is 4.74 Å². The van der Waals surface area contributed by atoms with Crippen molar-refractivity contribution in [2.75, 3.05) is 6.54 Å². The Kier molecular flexibility index (Phi) is 3.54. The van der Waals surface area contributed by atoms with Crippen molar-refractivity contribution in [3.8, 4) is 0 Å². The Morgan fingerprint density at radius 1 is 1.60 bits per heavy atom. The molecular weight excluding hydrogens is 262 g/mol. The van der Waals surface area contributed by atoms with Gasteiger partial charge in [0.25, 0.3) is 0 Å². The average molecular weight is 276 g/mol. The van der Waals surface area contributed by atoms with E-state index >= 15 is 0 Å². The maximum atomic E-state index is 11.6. The van der Waals surface area contributed by atoms with Crippen LogP contribution >= 0.6 is 15.9 Å². The molecule has 0 aliphatic carbocycles. The molecule has 0 radical (unpaired) electrons. The Morgan fingerprint density at radius 2 is 2.20 bits per heavy atom. The number of Topliss-reactive ketones (excluding diaryl/α,β-unsaturated/α-hetero) is 1. The van der Waals surface area contributed by atoms with Crippen molar-refractivity contribution < 1.29 is 14.3 Å². The van der Waals surface area contributed by atoms with Gasteiger partial charge in [-0.3, -0.25) is 9.69 Å². The molecule has 1 amide bonds. The van der Waals surface area contributed by atoms with Gasteiger partial charge in [-0.25, -0.2) is 4.79 Å². The van der Waals surface area contributed by atoms with Gasteiger partial charge in [-0.2, -0.15) is 0 Å². The first kappa shape index (κ1) is 12.2. The van der Waals surface area contributed by atoms with E-state index in [1.807, 2.05) is 0 Å². The highest BCUT2D eigenvalue weighted by Gasteiger charge is 2.27. The van der Waals surface area contributed by atoms with E-state index in [0.29, 0.717) is 0 Å². The second kappa shape index (κ2) is 4.35. The van der Waals surface area contributed by atoms with E-state index in [2.05, 4.69) is 15.9 Å². The second-order valence-electron chi connectivity index (χ2n) is 4.32. The van der Waals surface area contributed by atoms with Crippen LogP contribution in [0.1, 0.15) is 20.8 Å². The number of ether oxygens (including phenoxy) is 1. The number of carbonyl (C=O) groups is 2. The van der Waals surface area contributed by atoms with Gasteiger partial charge in [-0.05, 0) is 26.8 Å². The van der Waals surface area contributed by atoms with Crippen molar-refractivity contribution in [1.82, 2.24) is 4.90 Å². The molecule has 0 saturated heterocycles. The van der Waals surface area contributed by atoms with Gasteiger partial charge >= 0.3 is 6.09 Å². The van der Waals surface area contributed by atoms with Gasteiger partial charge in [0, 0.05) is 6.20 Å². The number of alkyl halides is 1. The molecule has 1 aliphatic rings. The summed E-state index contributed by atoms with van der Waals surface area (Å²) in [4.78, 5) is 23.9. The topological polar surface area (TPSA) is 46.6 Å². The van der Waals surface area contributed by atoms with Crippen LogP contribution in [0, 0.1) is 0 Å². The summed E-state index contributed by atoms with van der Waals surface area (Å²) >= 11 is 3.18. The summed E-state index contributed by atoms with van der Waals surface area (Å²) in [6, 6.07) is 0. The number of hydrogen-bond donors (Lipinski definition) is 0. The molecule has 0 saturated carbocycles. The number of allylic oxidation sites excluding steroid dienone is 1. The average Bonchev–Trinajstić information content (AvgIpc) is 2.06. The first-order chi connectivity index (χ1) is 6.79. The highest BCUT2D eigenvalue weighted by molar-refractivity contribution is 9.10. The molecule has 1 aliphatic heterocycles. The lowest BCUT2D eigenvalue weighted by atomic mass is 10.2. The Morgan fingerprint density at radius 3 is 2.67 bits per heavy atom. The molecule has 1 unspecified atom stereocenters. The van der Waals surface area contributed by atoms with Crippen molar-refractivity contribution >= 4 is 27.8 Å². The molecule has 0 aromatic rings. The van der Waals surface area contributed by atoms with E-state index in [1.54, 1.807) is 33.0 Å². The molecule has 84 valence electrons. The summed E-state index contributed by atoms with van der Waals surface area (Å²) in [5.74, 6) is -0.0524. The van der Waals surface area contributed by atoms with Crippen LogP contribution in [0.15, 0.2) is 12.3 Å². The number of amides is 1. The third-order valence-corrected chi connectivity index (χ3v) is 2.51. The van der Waals surface area contributed by atoms with Crippen LogP contribution < -0.4 is 0 Å². The standard InChI is InChI=1S/C10H14BrNO3/c1-10(2,3)15-9(14)12-5-4-7(11)8(13)6-12/h4-5,7H,6H2,1-3H3. The summed E-state index contributed by atoms with van der Waals surface area (Å²) in [6.45, 7) is 5.41. The van der Waals surface area contributed by atoms with Gasteiger partial charge in [0.15, 0.2) is 5.78 Å². The van der Waals surface area contributed by atoms with Gasteiger partial charge in [0.1, 0.15) is 5.60 Å². The zero-order valence-corrected chi connectivity index (χ0v) is 10.6. The van der Waals surface area contributed by atoms with Gasteiger partial charge in [0.05, 0.1) is 11.4 Å². The Hall–Kier alpha value is -0.840. The van der Waals surface area contributed by atoms with E-state index in [1.165, 1.54) is 4.90 Å². The lowest BCUT2D eigenvalue weighted by Gasteiger charge is -2.27. The molecule has 0 aromatic heterocycles. The summed E-state index contributed by atoms with van der Waals surface area (Å²) in [6.07, 6.45) is 2.69. The van der Waals surface area contributed by atoms with Crippen molar-refractivity contribution in [3.05, 3.63) is 12.3 Å². The Labute approximate surface area is 97.4 Å². The number of halogens is 1. The SMILES string of the molecule is CC(C)(C)OC(=O)N1C=CC(Br)C(=O)C1. The highest BCUT2D eigenvalue weighted by atomic mass is 79.9. The van der Waals surface area contributed by atoms with Gasteiger partial charge in [-0.1, -0.05) is 15.9 Å². The zero-order valence-electron chi connectivity index (χ0n) is 8.99. The van der Waals surface area contributed by atoms with E-state index < -0.39 is 11.7 Å². The van der Waals surface area contributed by atoms with Crippen LogP contribution in [0.5, 0.6) is 0 Å². The number of hydrogen-bond acceptors (Lipinski definition) is 3. The predicted molar refractivity (Wildman–Crippen MR) is 59.8 cm³/mol. The summed E-state index contributed by atoms with van der Waals surface area (Å²) < 4.78 is 5.13.